The van der Waals surface area contributed by atoms with Gasteiger partial charge >= 0.3 is 0 Å². The molecule has 0 fully saturated rings. The summed E-state index contributed by atoms with van der Waals surface area (Å²) in [4.78, 5) is 27.5. The van der Waals surface area contributed by atoms with Crippen LogP contribution in [0.25, 0.3) is 0 Å². The maximum atomic E-state index is 12.4. The zero-order valence-electron chi connectivity index (χ0n) is 15.1. The van der Waals surface area contributed by atoms with Crippen LogP contribution in [0.5, 0.6) is 0 Å². The van der Waals surface area contributed by atoms with Crippen molar-refractivity contribution in [1.29, 1.82) is 0 Å². The molecule has 0 spiro atoms. The van der Waals surface area contributed by atoms with Gasteiger partial charge in [0.2, 0.25) is 5.91 Å². The summed E-state index contributed by atoms with van der Waals surface area (Å²) in [5.41, 5.74) is 1.23. The quantitative estimate of drug-likeness (QED) is 0.712. The van der Waals surface area contributed by atoms with Crippen molar-refractivity contribution in [2.24, 2.45) is 0 Å². The summed E-state index contributed by atoms with van der Waals surface area (Å²) in [5.74, 6) is -0.965. The summed E-state index contributed by atoms with van der Waals surface area (Å²) in [7, 11) is -4.05. The standard InChI is InChI=1S/C18H21N3O5S/c1-3-17(22)20-14-7-9-16(10-8-14)27(24,25)21-18(23)13-5-6-15(19-11-13)12-26-4-2/h5-11H,3-4,12H2,1-2H3,(H,20,22)(H,21,23). The van der Waals surface area contributed by atoms with Crippen molar-refractivity contribution in [3.8, 4) is 0 Å². The molecule has 8 nitrogen and oxygen atoms in total. The molecule has 0 aliphatic carbocycles. The number of ether oxygens (including phenoxy) is 1. The fourth-order valence-electron chi connectivity index (χ4n) is 2.06. The van der Waals surface area contributed by atoms with Crippen LogP contribution in [0.1, 0.15) is 36.3 Å². The number of aromatic nitrogens is 1. The number of carbonyl (C=O) groups excluding carboxylic acids is 2. The number of nitrogens with one attached hydrogen (secondary N) is 2. The van der Waals surface area contributed by atoms with Crippen LogP contribution in [-0.4, -0.2) is 31.8 Å². The van der Waals surface area contributed by atoms with Crippen molar-refractivity contribution >= 4 is 27.5 Å². The minimum Gasteiger partial charge on any atom is -0.375 e. The molecule has 0 unspecified atom stereocenters. The Balaban J connectivity index is 2.06. The minimum atomic E-state index is -4.05. The first-order chi connectivity index (χ1) is 12.9. The minimum absolute atomic E-state index is 0.0914. The number of amides is 2. The number of hydrogen-bond acceptors (Lipinski definition) is 6. The van der Waals surface area contributed by atoms with Crippen molar-refractivity contribution in [2.75, 3.05) is 11.9 Å². The smallest absolute Gasteiger partial charge is 0.266 e. The molecule has 2 amide bonds. The zero-order valence-corrected chi connectivity index (χ0v) is 15.9. The molecule has 0 saturated heterocycles. The van der Waals surface area contributed by atoms with E-state index in [0.29, 0.717) is 31.0 Å². The zero-order chi connectivity index (χ0) is 19.9. The van der Waals surface area contributed by atoms with Gasteiger partial charge in [0.25, 0.3) is 15.9 Å². The Hall–Kier alpha value is -2.78. The highest BCUT2D eigenvalue weighted by Crippen LogP contribution is 2.15. The van der Waals surface area contributed by atoms with Crippen LogP contribution < -0.4 is 10.0 Å². The fourth-order valence-corrected chi connectivity index (χ4v) is 3.03. The number of rotatable bonds is 8. The van der Waals surface area contributed by atoms with Gasteiger partial charge in [0.15, 0.2) is 0 Å². The summed E-state index contributed by atoms with van der Waals surface area (Å²) in [6, 6.07) is 8.61. The van der Waals surface area contributed by atoms with Gasteiger partial charge in [-0.05, 0) is 43.3 Å². The van der Waals surface area contributed by atoms with Gasteiger partial charge in [0.1, 0.15) is 0 Å². The summed E-state index contributed by atoms with van der Waals surface area (Å²) in [5, 5.41) is 2.62. The highest BCUT2D eigenvalue weighted by Gasteiger charge is 2.19. The number of nitrogens with zero attached hydrogens (tertiary/aromatic N) is 1. The SMILES string of the molecule is CCOCc1ccc(C(=O)NS(=O)(=O)c2ccc(NC(=O)CC)cc2)cn1. The van der Waals surface area contributed by atoms with Crippen LogP contribution in [-0.2, 0) is 26.2 Å². The third-order valence-electron chi connectivity index (χ3n) is 3.54. The molecular weight excluding hydrogens is 370 g/mol. The Kier molecular flexibility index (Phi) is 7.03. The summed E-state index contributed by atoms with van der Waals surface area (Å²) in [6.07, 6.45) is 1.61. The molecule has 0 atom stereocenters. The van der Waals surface area contributed by atoms with E-state index in [-0.39, 0.29) is 16.4 Å². The highest BCUT2D eigenvalue weighted by atomic mass is 32.2. The molecule has 1 aromatic carbocycles. The second-order valence-electron chi connectivity index (χ2n) is 5.54. The fraction of sp³-hybridized carbons (Fsp3) is 0.278. The number of anilines is 1. The molecule has 0 saturated carbocycles. The average molecular weight is 391 g/mol. The predicted octanol–water partition coefficient (Wildman–Crippen LogP) is 2.09. The second-order valence-corrected chi connectivity index (χ2v) is 7.22. The molecule has 1 heterocycles. The van der Waals surface area contributed by atoms with E-state index in [1.165, 1.54) is 36.5 Å². The molecule has 1 aromatic heterocycles. The van der Waals surface area contributed by atoms with Crippen LogP contribution in [0.4, 0.5) is 5.69 Å². The number of carbonyl (C=O) groups is 2. The van der Waals surface area contributed by atoms with E-state index >= 15 is 0 Å². The number of hydrogen-bond donors (Lipinski definition) is 2. The van der Waals surface area contributed by atoms with E-state index in [2.05, 4.69) is 10.3 Å². The molecule has 2 aromatic rings. The molecule has 2 N–H and O–H groups in total. The molecule has 27 heavy (non-hydrogen) atoms. The lowest BCUT2D eigenvalue weighted by molar-refractivity contribution is -0.115. The first-order valence-electron chi connectivity index (χ1n) is 8.35. The molecule has 144 valence electrons. The van der Waals surface area contributed by atoms with E-state index in [4.69, 9.17) is 4.74 Å². The number of benzene rings is 1. The Morgan fingerprint density at radius 1 is 1.07 bits per heavy atom. The second kappa shape index (κ2) is 9.24. The van der Waals surface area contributed by atoms with Crippen molar-refractivity contribution in [2.45, 2.75) is 31.8 Å². The topological polar surface area (TPSA) is 114 Å². The van der Waals surface area contributed by atoms with Crippen molar-refractivity contribution in [3.63, 3.8) is 0 Å². The van der Waals surface area contributed by atoms with Gasteiger partial charge in [0.05, 0.1) is 22.8 Å². The lowest BCUT2D eigenvalue weighted by atomic mass is 10.2. The molecule has 0 radical (unpaired) electrons. The van der Waals surface area contributed by atoms with Gasteiger partial charge in [-0.15, -0.1) is 0 Å². The monoisotopic (exact) mass is 391 g/mol. The maximum Gasteiger partial charge on any atom is 0.266 e. The van der Waals surface area contributed by atoms with E-state index in [9.17, 15) is 18.0 Å². The average Bonchev–Trinajstić information content (AvgIpc) is 2.66. The van der Waals surface area contributed by atoms with E-state index in [1.54, 1.807) is 13.0 Å². The van der Waals surface area contributed by atoms with E-state index in [1.807, 2.05) is 11.6 Å². The Morgan fingerprint density at radius 3 is 2.33 bits per heavy atom. The highest BCUT2D eigenvalue weighted by molar-refractivity contribution is 7.90. The van der Waals surface area contributed by atoms with Crippen LogP contribution in [0, 0.1) is 0 Å². The normalized spacial score (nSPS) is 11.0. The molecular formula is C18H21N3O5S. The van der Waals surface area contributed by atoms with E-state index < -0.39 is 15.9 Å². The van der Waals surface area contributed by atoms with Gasteiger partial charge in [-0.1, -0.05) is 6.92 Å². The molecule has 9 heteroatoms. The molecule has 0 bridgehead atoms. The van der Waals surface area contributed by atoms with Gasteiger partial charge in [-0.25, -0.2) is 13.1 Å². The third-order valence-corrected chi connectivity index (χ3v) is 4.88. The summed E-state index contributed by atoms with van der Waals surface area (Å²) >= 11 is 0. The summed E-state index contributed by atoms with van der Waals surface area (Å²) < 4.78 is 31.9. The molecule has 0 aliphatic heterocycles. The lowest BCUT2D eigenvalue weighted by Gasteiger charge is -2.09. The van der Waals surface area contributed by atoms with Gasteiger partial charge in [0, 0.05) is 24.9 Å². The largest absolute Gasteiger partial charge is 0.375 e. The van der Waals surface area contributed by atoms with Crippen LogP contribution in [0.2, 0.25) is 0 Å². The molecule has 2 rings (SSSR count). The van der Waals surface area contributed by atoms with Crippen molar-refractivity contribution < 1.29 is 22.7 Å². The number of pyridine rings is 1. The summed E-state index contributed by atoms with van der Waals surface area (Å²) in [6.45, 7) is 4.43. The predicted molar refractivity (Wildman–Crippen MR) is 99.6 cm³/mol. The first kappa shape index (κ1) is 20.5. The van der Waals surface area contributed by atoms with E-state index in [0.717, 1.165) is 0 Å². The Bertz CT molecular complexity index is 894. The lowest BCUT2D eigenvalue weighted by Crippen LogP contribution is -2.30. The van der Waals surface area contributed by atoms with Gasteiger partial charge in [-0.3, -0.25) is 14.6 Å². The Labute approximate surface area is 158 Å². The van der Waals surface area contributed by atoms with Crippen LogP contribution in [0.3, 0.4) is 0 Å². The van der Waals surface area contributed by atoms with Gasteiger partial charge in [-0.2, -0.15) is 0 Å². The van der Waals surface area contributed by atoms with Gasteiger partial charge < -0.3 is 10.1 Å². The van der Waals surface area contributed by atoms with Crippen LogP contribution >= 0.6 is 0 Å². The van der Waals surface area contributed by atoms with Crippen LogP contribution in [0.15, 0.2) is 47.5 Å². The van der Waals surface area contributed by atoms with Crippen molar-refractivity contribution in [3.05, 3.63) is 53.9 Å². The Morgan fingerprint density at radius 2 is 1.78 bits per heavy atom. The third kappa shape index (κ3) is 5.87. The first-order valence-corrected chi connectivity index (χ1v) is 9.83. The van der Waals surface area contributed by atoms with Crippen molar-refractivity contribution in [1.82, 2.24) is 9.71 Å². The number of sulfonamides is 1. The maximum absolute atomic E-state index is 12.4. The molecule has 0 aliphatic rings.